The van der Waals surface area contributed by atoms with Crippen molar-refractivity contribution in [2.75, 3.05) is 44.1 Å². The lowest BCUT2D eigenvalue weighted by molar-refractivity contribution is -0.0583. The summed E-state index contributed by atoms with van der Waals surface area (Å²) in [5, 5.41) is 31.5. The van der Waals surface area contributed by atoms with Crippen LogP contribution in [-0.2, 0) is 15.4 Å². The minimum absolute atomic E-state index is 0.0338. The lowest BCUT2D eigenvalue weighted by Gasteiger charge is -2.22. The molecule has 0 saturated carbocycles. The molecule has 0 spiro atoms. The molecule has 3 aromatic rings. The summed E-state index contributed by atoms with van der Waals surface area (Å²) in [6.45, 7) is 2.69. The Labute approximate surface area is 205 Å². The van der Waals surface area contributed by atoms with Gasteiger partial charge in [0.1, 0.15) is 35.8 Å². The smallest absolute Gasteiger partial charge is 0.298 e. The number of hydrogen-bond donors (Lipinski definition) is 3. The SMILES string of the molecule is CO[C@H]1CN(c2cc3c(N[C@H](C)c4cccc(C(F)(F)CO)c4F)nnc(C)c3nc2O)C[C@H]1OC. The number of nitrogens with zero attached hydrogens (tertiary/aromatic N) is 4. The number of pyridine rings is 1. The first-order chi connectivity index (χ1) is 17.1. The quantitative estimate of drug-likeness (QED) is 0.423. The number of anilines is 2. The molecular formula is C24H28F3N5O4. The minimum Gasteiger partial charge on any atom is -0.492 e. The first-order valence-electron chi connectivity index (χ1n) is 11.3. The van der Waals surface area contributed by atoms with Gasteiger partial charge in [-0.1, -0.05) is 12.1 Å². The van der Waals surface area contributed by atoms with Crippen molar-refractivity contribution in [2.45, 2.75) is 38.0 Å². The molecule has 0 bridgehead atoms. The molecule has 3 atom stereocenters. The van der Waals surface area contributed by atoms with Crippen LogP contribution in [0, 0.1) is 12.7 Å². The van der Waals surface area contributed by atoms with Crippen LogP contribution in [0.1, 0.15) is 29.8 Å². The molecule has 3 heterocycles. The maximum absolute atomic E-state index is 15.0. The minimum atomic E-state index is -3.72. The summed E-state index contributed by atoms with van der Waals surface area (Å²) in [6.07, 6.45) is -0.403. The van der Waals surface area contributed by atoms with Gasteiger partial charge in [-0.3, -0.25) is 0 Å². The van der Waals surface area contributed by atoms with Gasteiger partial charge in [0.25, 0.3) is 5.92 Å². The average Bonchev–Trinajstić information content (AvgIpc) is 3.29. The zero-order valence-electron chi connectivity index (χ0n) is 20.3. The van der Waals surface area contributed by atoms with E-state index in [0.717, 1.165) is 6.07 Å². The number of aromatic nitrogens is 3. The van der Waals surface area contributed by atoms with Crippen molar-refractivity contribution < 1.29 is 32.9 Å². The lowest BCUT2D eigenvalue weighted by atomic mass is 10.00. The van der Waals surface area contributed by atoms with Crippen molar-refractivity contribution in [3.8, 4) is 5.88 Å². The molecule has 1 aliphatic heterocycles. The molecule has 1 saturated heterocycles. The van der Waals surface area contributed by atoms with Gasteiger partial charge in [-0.2, -0.15) is 13.9 Å². The Bertz CT molecular complexity index is 1250. The molecule has 0 radical (unpaired) electrons. The standard InChI is InChI=1S/C24H28F3N5O4/c1-12(14-6-5-7-16(20(14)25)24(26,27)11-33)28-22-15-8-17(23(34)29-21(15)13(2)30-31-22)32-9-18(35-3)19(10-32)36-4/h5-8,12,18-19,33H,9-11H2,1-4H3,(H,28,31)(H,29,34)/t12-,18-,19+/m1/s1. The van der Waals surface area contributed by atoms with E-state index in [0.29, 0.717) is 35.4 Å². The van der Waals surface area contributed by atoms with Crippen LogP contribution in [-0.4, -0.2) is 71.5 Å². The first kappa shape index (κ1) is 25.9. The number of alkyl halides is 2. The number of halogens is 3. The zero-order valence-corrected chi connectivity index (χ0v) is 20.3. The first-order valence-corrected chi connectivity index (χ1v) is 11.3. The summed E-state index contributed by atoms with van der Waals surface area (Å²) in [7, 11) is 3.18. The zero-order chi connectivity index (χ0) is 26.2. The summed E-state index contributed by atoms with van der Waals surface area (Å²) in [5.41, 5.74) is 0.357. The normalized spacial score (nSPS) is 19.2. The Balaban J connectivity index is 1.72. The second-order valence-corrected chi connectivity index (χ2v) is 8.75. The molecule has 0 unspecified atom stereocenters. The lowest BCUT2D eigenvalue weighted by Crippen LogP contribution is -2.27. The Hall–Kier alpha value is -3.22. The second kappa shape index (κ2) is 10.0. The van der Waals surface area contributed by atoms with Gasteiger partial charge in [0, 0.05) is 38.3 Å². The monoisotopic (exact) mass is 507 g/mol. The third kappa shape index (κ3) is 4.63. The van der Waals surface area contributed by atoms with Crippen molar-refractivity contribution in [1.82, 2.24) is 15.2 Å². The van der Waals surface area contributed by atoms with E-state index in [1.54, 1.807) is 34.1 Å². The van der Waals surface area contributed by atoms with Gasteiger partial charge >= 0.3 is 0 Å². The molecule has 0 amide bonds. The molecule has 0 aliphatic carbocycles. The number of aromatic hydroxyl groups is 1. The van der Waals surface area contributed by atoms with E-state index in [-0.39, 0.29) is 29.5 Å². The highest BCUT2D eigenvalue weighted by atomic mass is 19.3. The van der Waals surface area contributed by atoms with Gasteiger partial charge < -0.3 is 29.9 Å². The van der Waals surface area contributed by atoms with Crippen molar-refractivity contribution in [2.24, 2.45) is 0 Å². The van der Waals surface area contributed by atoms with E-state index in [4.69, 9.17) is 14.6 Å². The maximum Gasteiger partial charge on any atom is 0.298 e. The van der Waals surface area contributed by atoms with Crippen molar-refractivity contribution >= 4 is 22.4 Å². The molecular weight excluding hydrogens is 479 g/mol. The fraction of sp³-hybridized carbons (Fsp3) is 0.458. The second-order valence-electron chi connectivity index (χ2n) is 8.75. The summed E-state index contributed by atoms with van der Waals surface area (Å²) in [5.74, 6) is -4.80. The van der Waals surface area contributed by atoms with Gasteiger partial charge in [-0.25, -0.2) is 9.37 Å². The summed E-state index contributed by atoms with van der Waals surface area (Å²) < 4.78 is 54.0. The molecule has 1 fully saturated rings. The largest absolute Gasteiger partial charge is 0.492 e. The molecule has 194 valence electrons. The predicted molar refractivity (Wildman–Crippen MR) is 127 cm³/mol. The van der Waals surface area contributed by atoms with Crippen LogP contribution in [0.15, 0.2) is 24.3 Å². The Morgan fingerprint density at radius 1 is 1.19 bits per heavy atom. The number of benzene rings is 1. The van der Waals surface area contributed by atoms with Crippen LogP contribution in [0.25, 0.3) is 10.9 Å². The van der Waals surface area contributed by atoms with Crippen molar-refractivity contribution in [3.63, 3.8) is 0 Å². The Morgan fingerprint density at radius 2 is 1.86 bits per heavy atom. The van der Waals surface area contributed by atoms with Gasteiger partial charge in [0.2, 0.25) is 5.88 Å². The third-order valence-corrected chi connectivity index (χ3v) is 6.48. The number of aryl methyl sites for hydroxylation is 1. The molecule has 3 N–H and O–H groups in total. The van der Waals surface area contributed by atoms with Gasteiger partial charge in [0.05, 0.1) is 17.3 Å². The van der Waals surface area contributed by atoms with E-state index in [1.807, 2.05) is 4.90 Å². The molecule has 1 aromatic carbocycles. The molecule has 36 heavy (non-hydrogen) atoms. The Morgan fingerprint density at radius 3 is 2.47 bits per heavy atom. The van der Waals surface area contributed by atoms with Crippen molar-refractivity contribution in [3.05, 3.63) is 46.9 Å². The van der Waals surface area contributed by atoms with Gasteiger partial charge in [-0.15, -0.1) is 5.10 Å². The number of aliphatic hydroxyl groups excluding tert-OH is 1. The number of ether oxygens (including phenoxy) is 2. The maximum atomic E-state index is 15.0. The third-order valence-electron chi connectivity index (χ3n) is 6.48. The number of fused-ring (bicyclic) bond motifs is 1. The van der Waals surface area contributed by atoms with Gasteiger partial charge in [-0.05, 0) is 26.0 Å². The summed E-state index contributed by atoms with van der Waals surface area (Å²) in [4.78, 5) is 6.21. The van der Waals surface area contributed by atoms with Crippen LogP contribution >= 0.6 is 0 Å². The van der Waals surface area contributed by atoms with Crippen LogP contribution in [0.3, 0.4) is 0 Å². The van der Waals surface area contributed by atoms with E-state index >= 15 is 4.39 Å². The van der Waals surface area contributed by atoms with Crippen LogP contribution in [0.2, 0.25) is 0 Å². The van der Waals surface area contributed by atoms with E-state index in [9.17, 15) is 13.9 Å². The predicted octanol–water partition coefficient (Wildman–Crippen LogP) is 3.29. The molecule has 1 aliphatic rings. The molecule has 4 rings (SSSR count). The van der Waals surface area contributed by atoms with E-state index < -0.39 is 30.0 Å². The van der Waals surface area contributed by atoms with Crippen molar-refractivity contribution in [1.29, 1.82) is 0 Å². The highest BCUT2D eigenvalue weighted by molar-refractivity contribution is 5.93. The summed E-state index contributed by atoms with van der Waals surface area (Å²) >= 11 is 0. The molecule has 9 nitrogen and oxygen atoms in total. The Kier molecular flexibility index (Phi) is 7.21. The van der Waals surface area contributed by atoms with Crippen LogP contribution in [0.4, 0.5) is 24.7 Å². The topological polar surface area (TPSA) is 113 Å². The highest BCUT2D eigenvalue weighted by Crippen LogP contribution is 2.37. The summed E-state index contributed by atoms with van der Waals surface area (Å²) in [6, 6.07) is 4.53. The highest BCUT2D eigenvalue weighted by Gasteiger charge is 2.36. The average molecular weight is 508 g/mol. The number of methoxy groups -OCH3 is 2. The van der Waals surface area contributed by atoms with E-state index in [1.165, 1.54) is 12.1 Å². The number of hydrogen-bond acceptors (Lipinski definition) is 9. The van der Waals surface area contributed by atoms with Crippen LogP contribution < -0.4 is 10.2 Å². The number of nitrogens with one attached hydrogen (secondary N) is 1. The number of rotatable bonds is 8. The van der Waals surface area contributed by atoms with Crippen LogP contribution in [0.5, 0.6) is 5.88 Å². The fourth-order valence-electron chi connectivity index (χ4n) is 4.44. The fourth-order valence-corrected chi connectivity index (χ4v) is 4.44. The van der Waals surface area contributed by atoms with E-state index in [2.05, 4.69) is 20.5 Å². The molecule has 12 heteroatoms. The molecule has 2 aromatic heterocycles. The number of aliphatic hydroxyl groups is 1. The van der Waals surface area contributed by atoms with Gasteiger partial charge in [0.15, 0.2) is 5.82 Å².